The summed E-state index contributed by atoms with van der Waals surface area (Å²) in [7, 11) is 1.37. The molecule has 0 aromatic rings. The largest absolute Gasteiger partial charge is 0.469 e. The monoisotopic (exact) mass is 542 g/mol. The molecule has 0 aromatic heterocycles. The summed E-state index contributed by atoms with van der Waals surface area (Å²) in [6, 6.07) is 0. The highest BCUT2D eigenvalue weighted by Gasteiger charge is 2.48. The van der Waals surface area contributed by atoms with Crippen molar-refractivity contribution in [3.63, 3.8) is 0 Å². The van der Waals surface area contributed by atoms with Crippen LogP contribution in [-0.2, 0) is 33.3 Å². The molecule has 1 aliphatic heterocycles. The minimum absolute atomic E-state index is 0.169. The zero-order valence-corrected chi connectivity index (χ0v) is 22.8. The Morgan fingerprint density at radius 2 is 1.68 bits per heavy atom. The van der Waals surface area contributed by atoms with Gasteiger partial charge in [-0.15, -0.1) is 0 Å². The molecule has 3 rings (SSSR count). The third kappa shape index (κ3) is 8.83. The molecular weight excluding hydrogens is 498 g/mol. The van der Waals surface area contributed by atoms with Crippen LogP contribution in [0, 0.1) is 17.8 Å². The van der Waals surface area contributed by atoms with E-state index in [9.17, 15) is 23.2 Å². The summed E-state index contributed by atoms with van der Waals surface area (Å²) in [5.74, 6) is -6.60. The average molecular weight is 543 g/mol. The Balaban J connectivity index is 1.71. The van der Waals surface area contributed by atoms with Gasteiger partial charge in [-0.25, -0.2) is 0 Å². The SMILES string of the molecule is COC(=O)CCCCCC[C@@H]1[C@@H](/C=C/C(=O)C(F)(F)C2CCCC2)[C@H](OC2CCCCO2)C[C@@H]1OC(C)=O. The Kier molecular flexibility index (Phi) is 12.2. The van der Waals surface area contributed by atoms with E-state index in [0.29, 0.717) is 38.7 Å². The predicted octanol–water partition coefficient (Wildman–Crippen LogP) is 5.93. The molecule has 0 spiro atoms. The first kappa shape index (κ1) is 30.7. The standard InChI is InChI=1S/C29H44F2O7/c1-20(32)37-24-19-25(38-28-15-9-10-18-36-28)23(22(24)13-5-3-4-6-14-27(34)35-2)16-17-26(33)29(30,31)21-11-7-8-12-21/h16-17,21-25,28H,3-15,18-19H2,1-2H3/b17-16+/t22-,23-,24+,25-,28?/m1/s1. The second kappa shape index (κ2) is 15.1. The van der Waals surface area contributed by atoms with Crippen molar-refractivity contribution in [2.24, 2.45) is 17.8 Å². The fourth-order valence-electron chi connectivity index (χ4n) is 6.14. The van der Waals surface area contributed by atoms with Gasteiger partial charge in [-0.05, 0) is 51.0 Å². The first-order valence-corrected chi connectivity index (χ1v) is 14.3. The molecule has 0 aromatic carbocycles. The Bertz CT molecular complexity index is 803. The Hall–Kier alpha value is -1.87. The molecule has 2 aliphatic carbocycles. The molecule has 2 saturated carbocycles. The first-order chi connectivity index (χ1) is 18.2. The van der Waals surface area contributed by atoms with Crippen molar-refractivity contribution in [1.82, 2.24) is 0 Å². The van der Waals surface area contributed by atoms with Crippen LogP contribution in [0.3, 0.4) is 0 Å². The second-order valence-electron chi connectivity index (χ2n) is 11.0. The number of ether oxygens (including phenoxy) is 4. The van der Waals surface area contributed by atoms with E-state index < -0.39 is 42.1 Å². The molecule has 1 heterocycles. The van der Waals surface area contributed by atoms with E-state index in [-0.39, 0.29) is 17.8 Å². The van der Waals surface area contributed by atoms with Crippen LogP contribution in [-0.4, -0.2) is 55.9 Å². The molecule has 0 N–H and O–H groups in total. The predicted molar refractivity (Wildman–Crippen MR) is 136 cm³/mol. The summed E-state index contributed by atoms with van der Waals surface area (Å²) in [6.45, 7) is 1.96. The van der Waals surface area contributed by atoms with Crippen molar-refractivity contribution in [1.29, 1.82) is 0 Å². The number of carbonyl (C=O) groups is 3. The highest BCUT2D eigenvalue weighted by molar-refractivity contribution is 5.96. The summed E-state index contributed by atoms with van der Waals surface area (Å²) in [4.78, 5) is 35.9. The van der Waals surface area contributed by atoms with Gasteiger partial charge in [0, 0.05) is 44.1 Å². The number of hydrogen-bond acceptors (Lipinski definition) is 7. The molecule has 1 saturated heterocycles. The molecule has 0 amide bonds. The van der Waals surface area contributed by atoms with Gasteiger partial charge in [-0.3, -0.25) is 14.4 Å². The smallest absolute Gasteiger partial charge is 0.311 e. The Morgan fingerprint density at radius 3 is 2.34 bits per heavy atom. The van der Waals surface area contributed by atoms with Crippen LogP contribution >= 0.6 is 0 Å². The van der Waals surface area contributed by atoms with Crippen LogP contribution in [0.1, 0.15) is 96.8 Å². The fraction of sp³-hybridized carbons (Fsp3) is 0.828. The maximum Gasteiger partial charge on any atom is 0.311 e. The molecule has 5 atom stereocenters. The van der Waals surface area contributed by atoms with Crippen LogP contribution < -0.4 is 0 Å². The molecule has 216 valence electrons. The number of rotatable bonds is 14. The summed E-state index contributed by atoms with van der Waals surface area (Å²) in [6.07, 6.45) is 11.0. The van der Waals surface area contributed by atoms with E-state index >= 15 is 0 Å². The number of alkyl halides is 2. The number of allylic oxidation sites excluding steroid dienone is 1. The number of carbonyl (C=O) groups excluding carboxylic acids is 3. The maximum absolute atomic E-state index is 14.9. The van der Waals surface area contributed by atoms with E-state index in [0.717, 1.165) is 63.9 Å². The van der Waals surface area contributed by atoms with Crippen molar-refractivity contribution < 1.29 is 42.1 Å². The third-order valence-corrected chi connectivity index (χ3v) is 8.21. The fourth-order valence-corrected chi connectivity index (χ4v) is 6.14. The van der Waals surface area contributed by atoms with E-state index in [2.05, 4.69) is 4.74 Å². The number of halogens is 2. The van der Waals surface area contributed by atoms with Gasteiger partial charge in [0.15, 0.2) is 6.29 Å². The number of ketones is 1. The highest BCUT2D eigenvalue weighted by Crippen LogP contribution is 2.43. The van der Waals surface area contributed by atoms with Gasteiger partial charge in [0.1, 0.15) is 6.10 Å². The zero-order chi connectivity index (χ0) is 27.5. The molecule has 7 nitrogen and oxygen atoms in total. The van der Waals surface area contributed by atoms with Crippen LogP contribution in [0.25, 0.3) is 0 Å². The number of unbranched alkanes of at least 4 members (excludes halogenated alkanes) is 3. The molecule has 0 bridgehead atoms. The Labute approximate surface area is 225 Å². The second-order valence-corrected chi connectivity index (χ2v) is 11.0. The summed E-state index contributed by atoms with van der Waals surface area (Å²) in [5.41, 5.74) is 0. The van der Waals surface area contributed by atoms with Crippen molar-refractivity contribution in [3.8, 4) is 0 Å². The zero-order valence-electron chi connectivity index (χ0n) is 22.8. The average Bonchev–Trinajstić information content (AvgIpc) is 3.54. The van der Waals surface area contributed by atoms with Crippen LogP contribution in [0.15, 0.2) is 12.2 Å². The summed E-state index contributed by atoms with van der Waals surface area (Å²) < 4.78 is 52.1. The lowest BCUT2D eigenvalue weighted by Crippen LogP contribution is -2.35. The summed E-state index contributed by atoms with van der Waals surface area (Å²) >= 11 is 0. The number of methoxy groups -OCH3 is 1. The molecule has 9 heteroatoms. The molecular formula is C29H44F2O7. The van der Waals surface area contributed by atoms with Crippen LogP contribution in [0.2, 0.25) is 0 Å². The van der Waals surface area contributed by atoms with Gasteiger partial charge < -0.3 is 18.9 Å². The normalized spacial score (nSPS) is 28.6. The quantitative estimate of drug-likeness (QED) is 0.153. The minimum Gasteiger partial charge on any atom is -0.469 e. The van der Waals surface area contributed by atoms with Crippen LogP contribution in [0.4, 0.5) is 8.78 Å². The maximum atomic E-state index is 14.9. The molecule has 3 aliphatic rings. The molecule has 1 unspecified atom stereocenters. The van der Waals surface area contributed by atoms with Crippen molar-refractivity contribution in [2.75, 3.05) is 13.7 Å². The highest BCUT2D eigenvalue weighted by atomic mass is 19.3. The summed E-state index contributed by atoms with van der Waals surface area (Å²) in [5, 5.41) is 0. The van der Waals surface area contributed by atoms with E-state index in [1.165, 1.54) is 14.0 Å². The lowest BCUT2D eigenvalue weighted by molar-refractivity contribution is -0.193. The van der Waals surface area contributed by atoms with Gasteiger partial charge in [-0.2, -0.15) is 8.78 Å². The van der Waals surface area contributed by atoms with E-state index in [1.807, 2.05) is 0 Å². The van der Waals surface area contributed by atoms with E-state index in [4.69, 9.17) is 14.2 Å². The lowest BCUT2D eigenvalue weighted by Gasteiger charge is -2.29. The van der Waals surface area contributed by atoms with Gasteiger partial charge in [0.2, 0.25) is 5.78 Å². The topological polar surface area (TPSA) is 88.1 Å². The van der Waals surface area contributed by atoms with E-state index in [1.54, 1.807) is 6.08 Å². The number of hydrogen-bond donors (Lipinski definition) is 0. The first-order valence-electron chi connectivity index (χ1n) is 14.3. The van der Waals surface area contributed by atoms with Crippen molar-refractivity contribution in [2.45, 2.75) is 121 Å². The molecule has 38 heavy (non-hydrogen) atoms. The molecule has 3 fully saturated rings. The lowest BCUT2D eigenvalue weighted by atomic mass is 9.87. The van der Waals surface area contributed by atoms with Gasteiger partial charge in [0.25, 0.3) is 0 Å². The number of esters is 2. The van der Waals surface area contributed by atoms with Gasteiger partial charge in [-0.1, -0.05) is 38.2 Å². The van der Waals surface area contributed by atoms with Crippen molar-refractivity contribution in [3.05, 3.63) is 12.2 Å². The minimum atomic E-state index is -3.38. The van der Waals surface area contributed by atoms with Crippen LogP contribution in [0.5, 0.6) is 0 Å². The van der Waals surface area contributed by atoms with Gasteiger partial charge >= 0.3 is 17.9 Å². The molecule has 0 radical (unpaired) electrons. The third-order valence-electron chi connectivity index (χ3n) is 8.21. The Morgan fingerprint density at radius 1 is 0.974 bits per heavy atom. The van der Waals surface area contributed by atoms with Crippen molar-refractivity contribution >= 4 is 17.7 Å². The van der Waals surface area contributed by atoms with Gasteiger partial charge in [0.05, 0.1) is 13.2 Å².